The van der Waals surface area contributed by atoms with E-state index in [0.29, 0.717) is 0 Å². The first-order chi connectivity index (χ1) is 13.5. The fourth-order valence-corrected chi connectivity index (χ4v) is 6.03. The van der Waals surface area contributed by atoms with Gasteiger partial charge in [0.1, 0.15) is 0 Å². The monoisotopic (exact) mass is 388 g/mol. The van der Waals surface area contributed by atoms with Crippen molar-refractivity contribution in [2.45, 2.75) is 25.7 Å². The number of nitrogens with zero attached hydrogens (tertiary/aromatic N) is 2. The summed E-state index contributed by atoms with van der Waals surface area (Å²) in [6.07, 6.45) is 15.8. The van der Waals surface area contributed by atoms with Crippen LogP contribution in [0.15, 0.2) is 24.3 Å². The first kappa shape index (κ1) is 19.6. The zero-order chi connectivity index (χ0) is 19.7. The average Bonchev–Trinajstić information content (AvgIpc) is 3.45. The van der Waals surface area contributed by atoms with Gasteiger partial charge in [-0.1, -0.05) is 24.3 Å². The number of allylic oxidation sites excluding steroid dienone is 4. The maximum absolute atomic E-state index is 9.10. The molecule has 4 bridgehead atoms. The van der Waals surface area contributed by atoms with Gasteiger partial charge in [0.05, 0.1) is 0 Å². The Kier molecular flexibility index (Phi) is 5.88. The highest BCUT2D eigenvalue weighted by Crippen LogP contribution is 2.44. The molecule has 0 radical (unpaired) electrons. The molecule has 5 rings (SSSR count). The van der Waals surface area contributed by atoms with Crippen molar-refractivity contribution in [3.63, 3.8) is 0 Å². The van der Waals surface area contributed by atoms with Gasteiger partial charge in [-0.2, -0.15) is 0 Å². The van der Waals surface area contributed by atoms with Crippen molar-refractivity contribution >= 4 is 11.9 Å². The Morgan fingerprint density at radius 3 is 1.32 bits per heavy atom. The third-order valence-corrected chi connectivity index (χ3v) is 7.47. The van der Waals surface area contributed by atoms with Gasteiger partial charge in [-0.3, -0.25) is 0 Å². The Labute approximate surface area is 166 Å². The minimum absolute atomic E-state index is 0.920. The molecule has 1 heterocycles. The van der Waals surface area contributed by atoms with Crippen LogP contribution in [-0.2, 0) is 9.59 Å². The van der Waals surface area contributed by atoms with Crippen molar-refractivity contribution in [3.8, 4) is 0 Å². The molecule has 6 atom stereocenters. The maximum Gasteiger partial charge on any atom is 0.414 e. The van der Waals surface area contributed by atoms with Crippen LogP contribution in [-0.4, -0.2) is 71.2 Å². The summed E-state index contributed by atoms with van der Waals surface area (Å²) in [5.74, 6) is 2.00. The van der Waals surface area contributed by atoms with Crippen molar-refractivity contribution < 1.29 is 19.8 Å². The van der Waals surface area contributed by atoms with Crippen LogP contribution in [0.2, 0.25) is 0 Å². The highest BCUT2D eigenvalue weighted by Gasteiger charge is 2.38. The first-order valence-corrected chi connectivity index (χ1v) is 10.8. The van der Waals surface area contributed by atoms with Crippen molar-refractivity contribution in [3.05, 3.63) is 24.3 Å². The van der Waals surface area contributed by atoms with Gasteiger partial charge in [-0.25, -0.2) is 9.59 Å². The molecule has 28 heavy (non-hydrogen) atoms. The van der Waals surface area contributed by atoms with Crippen molar-refractivity contribution in [2.75, 3.05) is 39.3 Å². The van der Waals surface area contributed by atoms with Crippen molar-refractivity contribution in [1.82, 2.24) is 9.80 Å². The zero-order valence-corrected chi connectivity index (χ0v) is 16.4. The Morgan fingerprint density at radius 2 is 1.07 bits per heavy atom. The molecule has 0 amide bonds. The zero-order valence-electron chi connectivity index (χ0n) is 16.4. The molecule has 154 valence electrons. The fourth-order valence-electron chi connectivity index (χ4n) is 6.03. The standard InChI is InChI=1S/C20H30N2.C2H2O4/c1-3-17-9-15(1)11-19(17)13-21-5-7-22(8-6-21)14-20-12-16-2-4-18(20)10-16;3-1(4)2(5)6/h1-4,15-20H,5-14H2;(H,3,4)(H,5,6). The molecule has 0 aromatic carbocycles. The molecule has 6 unspecified atom stereocenters. The summed E-state index contributed by atoms with van der Waals surface area (Å²) in [4.78, 5) is 23.7. The van der Waals surface area contributed by atoms with Crippen molar-refractivity contribution in [2.24, 2.45) is 35.5 Å². The quantitative estimate of drug-likeness (QED) is 0.568. The molecule has 5 aliphatic rings. The van der Waals surface area contributed by atoms with E-state index in [9.17, 15) is 0 Å². The van der Waals surface area contributed by atoms with E-state index in [1.54, 1.807) is 0 Å². The Bertz CT molecular complexity index is 597. The van der Waals surface area contributed by atoms with Gasteiger partial charge in [0.15, 0.2) is 0 Å². The van der Waals surface area contributed by atoms with Crippen LogP contribution in [0, 0.1) is 35.5 Å². The van der Waals surface area contributed by atoms with Crippen LogP contribution in [0.4, 0.5) is 0 Å². The van der Waals surface area contributed by atoms with E-state index in [1.165, 1.54) is 65.0 Å². The molecule has 0 aromatic heterocycles. The lowest BCUT2D eigenvalue weighted by Gasteiger charge is -2.38. The summed E-state index contributed by atoms with van der Waals surface area (Å²) in [6, 6.07) is 0. The summed E-state index contributed by atoms with van der Waals surface area (Å²) in [7, 11) is 0. The van der Waals surface area contributed by atoms with Crippen LogP contribution < -0.4 is 0 Å². The van der Waals surface area contributed by atoms with Gasteiger partial charge in [-0.05, 0) is 61.2 Å². The molecule has 0 spiro atoms. The highest BCUT2D eigenvalue weighted by atomic mass is 16.4. The fraction of sp³-hybridized carbons (Fsp3) is 0.727. The first-order valence-electron chi connectivity index (χ1n) is 10.8. The predicted molar refractivity (Wildman–Crippen MR) is 106 cm³/mol. The molecule has 6 heteroatoms. The second-order valence-electron chi connectivity index (χ2n) is 9.29. The van der Waals surface area contributed by atoms with E-state index in [4.69, 9.17) is 19.8 Å². The second kappa shape index (κ2) is 8.37. The van der Waals surface area contributed by atoms with Gasteiger partial charge in [0, 0.05) is 39.3 Å². The van der Waals surface area contributed by atoms with Crippen molar-refractivity contribution in [1.29, 1.82) is 0 Å². The summed E-state index contributed by atoms with van der Waals surface area (Å²) in [5.41, 5.74) is 0. The molecule has 1 aliphatic heterocycles. The number of piperazine rings is 1. The van der Waals surface area contributed by atoms with Gasteiger partial charge in [0.2, 0.25) is 0 Å². The van der Waals surface area contributed by atoms with Crippen LogP contribution in [0.3, 0.4) is 0 Å². The third kappa shape index (κ3) is 4.49. The van der Waals surface area contributed by atoms with Gasteiger partial charge < -0.3 is 20.0 Å². The molecule has 2 saturated carbocycles. The Balaban J connectivity index is 0.000000283. The Morgan fingerprint density at radius 1 is 0.679 bits per heavy atom. The SMILES string of the molecule is C1=CC2CC1CC2CN1CCN(CC2CC3C=CC2C3)CC1.O=C(O)C(=O)O. The minimum atomic E-state index is -1.82. The molecule has 3 fully saturated rings. The highest BCUT2D eigenvalue weighted by molar-refractivity contribution is 6.27. The number of rotatable bonds is 4. The van der Waals surface area contributed by atoms with E-state index >= 15 is 0 Å². The number of fused-ring (bicyclic) bond motifs is 4. The summed E-state index contributed by atoms with van der Waals surface area (Å²) >= 11 is 0. The van der Waals surface area contributed by atoms with E-state index in [1.807, 2.05) is 0 Å². The molecule has 4 aliphatic carbocycles. The number of carbonyl (C=O) groups is 2. The summed E-state index contributed by atoms with van der Waals surface area (Å²) < 4.78 is 0. The largest absolute Gasteiger partial charge is 0.473 e. The normalized spacial score (nSPS) is 38.6. The van der Waals surface area contributed by atoms with Crippen LogP contribution in [0.25, 0.3) is 0 Å². The van der Waals surface area contributed by atoms with E-state index in [0.717, 1.165) is 35.5 Å². The number of carboxylic acid groups (broad SMARTS) is 2. The summed E-state index contributed by atoms with van der Waals surface area (Å²) in [5, 5.41) is 14.8. The summed E-state index contributed by atoms with van der Waals surface area (Å²) in [6.45, 7) is 8.00. The molecule has 0 aromatic rings. The van der Waals surface area contributed by atoms with Gasteiger partial charge >= 0.3 is 11.9 Å². The van der Waals surface area contributed by atoms with Crippen LogP contribution >= 0.6 is 0 Å². The number of carboxylic acids is 2. The Hall–Kier alpha value is -1.66. The smallest absolute Gasteiger partial charge is 0.414 e. The van der Waals surface area contributed by atoms with E-state index in [-0.39, 0.29) is 0 Å². The van der Waals surface area contributed by atoms with Gasteiger partial charge in [-0.15, -0.1) is 0 Å². The molecule has 1 saturated heterocycles. The lowest BCUT2D eigenvalue weighted by molar-refractivity contribution is -0.159. The average molecular weight is 389 g/mol. The molecular weight excluding hydrogens is 356 g/mol. The molecule has 6 nitrogen and oxygen atoms in total. The van der Waals surface area contributed by atoms with Crippen LogP contribution in [0.1, 0.15) is 25.7 Å². The van der Waals surface area contributed by atoms with E-state index in [2.05, 4.69) is 34.1 Å². The lowest BCUT2D eigenvalue weighted by Crippen LogP contribution is -2.49. The molecular formula is C22H32N2O4. The second-order valence-corrected chi connectivity index (χ2v) is 9.29. The number of aliphatic carboxylic acids is 2. The number of hydrogen-bond donors (Lipinski definition) is 2. The lowest BCUT2D eigenvalue weighted by atomic mass is 9.92. The van der Waals surface area contributed by atoms with Gasteiger partial charge in [0.25, 0.3) is 0 Å². The number of hydrogen-bond acceptors (Lipinski definition) is 4. The molecule has 2 N–H and O–H groups in total. The maximum atomic E-state index is 9.10. The predicted octanol–water partition coefficient (Wildman–Crippen LogP) is 2.18. The topological polar surface area (TPSA) is 81.1 Å². The van der Waals surface area contributed by atoms with E-state index < -0.39 is 11.9 Å². The third-order valence-electron chi connectivity index (χ3n) is 7.47. The van der Waals surface area contributed by atoms with Crippen LogP contribution in [0.5, 0.6) is 0 Å². The minimum Gasteiger partial charge on any atom is -0.473 e.